The quantitative estimate of drug-likeness (QED) is 0.922. The fraction of sp³-hybridized carbons (Fsp3) is 0.444. The van der Waals surface area contributed by atoms with Crippen LogP contribution in [0.25, 0.3) is 11.3 Å². The first-order chi connectivity index (χ1) is 11.6. The summed E-state index contributed by atoms with van der Waals surface area (Å²) in [6.45, 7) is 6.50. The van der Waals surface area contributed by atoms with Crippen molar-refractivity contribution in [2.45, 2.75) is 32.9 Å². The fourth-order valence-corrected chi connectivity index (χ4v) is 4.13. The van der Waals surface area contributed by atoms with Crippen molar-refractivity contribution < 1.29 is 4.79 Å². The van der Waals surface area contributed by atoms with Gasteiger partial charge >= 0.3 is 4.87 Å². The molecule has 1 unspecified atom stereocenters. The molecule has 1 amide bonds. The molecule has 2 aromatic rings. The van der Waals surface area contributed by atoms with Crippen LogP contribution in [-0.2, 0) is 17.8 Å². The van der Waals surface area contributed by atoms with Crippen molar-refractivity contribution in [1.82, 2.24) is 14.8 Å². The van der Waals surface area contributed by atoms with Gasteiger partial charge < -0.3 is 10.2 Å². The van der Waals surface area contributed by atoms with Gasteiger partial charge in [0.2, 0.25) is 5.91 Å². The molecule has 3 rings (SSSR count). The number of carbonyl (C=O) groups excluding carboxylic acids is 1. The van der Waals surface area contributed by atoms with E-state index in [0.29, 0.717) is 6.54 Å². The van der Waals surface area contributed by atoms with Crippen LogP contribution in [0.5, 0.6) is 0 Å². The zero-order chi connectivity index (χ0) is 17.1. The third kappa shape index (κ3) is 3.30. The maximum Gasteiger partial charge on any atom is 0.308 e. The Morgan fingerprint density at radius 2 is 2.08 bits per heavy atom. The second kappa shape index (κ2) is 7.32. The molecule has 5 nitrogen and oxygen atoms in total. The first kappa shape index (κ1) is 16.9. The maximum atomic E-state index is 12.8. The Balaban J connectivity index is 1.94. The molecule has 0 spiro atoms. The molecule has 24 heavy (non-hydrogen) atoms. The van der Waals surface area contributed by atoms with E-state index in [-0.39, 0.29) is 23.4 Å². The van der Waals surface area contributed by atoms with E-state index in [1.165, 1.54) is 11.3 Å². The van der Waals surface area contributed by atoms with Crippen molar-refractivity contribution in [3.8, 4) is 11.3 Å². The average Bonchev–Trinajstić information content (AvgIpc) is 2.91. The topological polar surface area (TPSA) is 54.3 Å². The molecule has 128 valence electrons. The number of nitrogens with zero attached hydrogens (tertiary/aromatic N) is 2. The fourth-order valence-electron chi connectivity index (χ4n) is 3.18. The molecule has 1 aromatic carbocycles. The number of hydrogen-bond donors (Lipinski definition) is 1. The highest BCUT2D eigenvalue weighted by atomic mass is 32.1. The zero-order valence-electron chi connectivity index (χ0n) is 14.1. The van der Waals surface area contributed by atoms with E-state index in [1.54, 1.807) is 4.57 Å². The van der Waals surface area contributed by atoms with Crippen LogP contribution in [0.1, 0.15) is 18.7 Å². The number of rotatable bonds is 4. The van der Waals surface area contributed by atoms with E-state index in [1.807, 2.05) is 49.1 Å². The summed E-state index contributed by atoms with van der Waals surface area (Å²) in [5.74, 6) is 0.0173. The summed E-state index contributed by atoms with van der Waals surface area (Å²) in [7, 11) is 0. The Kier molecular flexibility index (Phi) is 5.16. The lowest BCUT2D eigenvalue weighted by molar-refractivity contribution is -0.134. The van der Waals surface area contributed by atoms with Crippen molar-refractivity contribution in [3.05, 3.63) is 44.9 Å². The monoisotopic (exact) mass is 345 g/mol. The highest BCUT2D eigenvalue weighted by molar-refractivity contribution is 7.09. The predicted octanol–water partition coefficient (Wildman–Crippen LogP) is 1.96. The van der Waals surface area contributed by atoms with E-state index in [0.717, 1.165) is 35.6 Å². The molecule has 1 atom stereocenters. The summed E-state index contributed by atoms with van der Waals surface area (Å²) >= 11 is 1.25. The Labute approximate surface area is 145 Å². The van der Waals surface area contributed by atoms with Crippen molar-refractivity contribution in [3.63, 3.8) is 0 Å². The van der Waals surface area contributed by atoms with Crippen LogP contribution in [0.15, 0.2) is 35.1 Å². The Hall–Kier alpha value is -1.92. The minimum Gasteiger partial charge on any atom is -0.336 e. The van der Waals surface area contributed by atoms with Crippen LogP contribution in [-0.4, -0.2) is 41.1 Å². The molecule has 0 radical (unpaired) electrons. The van der Waals surface area contributed by atoms with E-state index in [2.05, 4.69) is 5.32 Å². The van der Waals surface area contributed by atoms with Gasteiger partial charge in [-0.25, -0.2) is 0 Å². The maximum absolute atomic E-state index is 12.8. The first-order valence-electron chi connectivity index (χ1n) is 8.40. The molecule has 1 aromatic heterocycles. The molecule has 1 aliphatic rings. The summed E-state index contributed by atoms with van der Waals surface area (Å²) in [4.78, 5) is 28.1. The molecule has 0 bridgehead atoms. The number of aryl methyl sites for hydroxylation is 1. The average molecular weight is 345 g/mol. The summed E-state index contributed by atoms with van der Waals surface area (Å²) in [6.07, 6.45) is 0.787. The van der Waals surface area contributed by atoms with Crippen molar-refractivity contribution in [2.75, 3.05) is 19.6 Å². The van der Waals surface area contributed by atoms with E-state index < -0.39 is 0 Å². The van der Waals surface area contributed by atoms with Gasteiger partial charge in [0.25, 0.3) is 0 Å². The third-order valence-corrected chi connectivity index (χ3v) is 5.57. The van der Waals surface area contributed by atoms with Gasteiger partial charge in [-0.3, -0.25) is 14.2 Å². The molecule has 2 heterocycles. The minimum absolute atomic E-state index is 0.0173. The van der Waals surface area contributed by atoms with Crippen molar-refractivity contribution in [1.29, 1.82) is 0 Å². The van der Waals surface area contributed by atoms with E-state index in [4.69, 9.17) is 0 Å². The van der Waals surface area contributed by atoms with Gasteiger partial charge in [-0.05, 0) is 18.9 Å². The SMILES string of the molecule is CCc1sc(=O)n(CC(=O)N2CCNCC2C)c1-c1ccccc1. The lowest BCUT2D eigenvalue weighted by Crippen LogP contribution is -2.53. The summed E-state index contributed by atoms with van der Waals surface area (Å²) in [5.41, 5.74) is 1.89. The van der Waals surface area contributed by atoms with Gasteiger partial charge in [-0.1, -0.05) is 48.6 Å². The number of aromatic nitrogens is 1. The standard InChI is InChI=1S/C18H23N3O2S/c1-3-15-17(14-7-5-4-6-8-14)21(18(23)24-15)12-16(22)20-10-9-19-11-13(20)2/h4-8,13,19H,3,9-12H2,1-2H3. The lowest BCUT2D eigenvalue weighted by atomic mass is 10.1. The van der Waals surface area contributed by atoms with Crippen LogP contribution in [0.2, 0.25) is 0 Å². The summed E-state index contributed by atoms with van der Waals surface area (Å²) < 4.78 is 1.65. The van der Waals surface area contributed by atoms with Crippen molar-refractivity contribution in [2.24, 2.45) is 0 Å². The largest absolute Gasteiger partial charge is 0.336 e. The molecular formula is C18H23N3O2S. The summed E-state index contributed by atoms with van der Waals surface area (Å²) in [6, 6.07) is 10.0. The number of nitrogens with one attached hydrogen (secondary N) is 1. The smallest absolute Gasteiger partial charge is 0.308 e. The Morgan fingerprint density at radius 1 is 1.33 bits per heavy atom. The molecule has 1 N–H and O–H groups in total. The van der Waals surface area contributed by atoms with Gasteiger partial charge in [0.15, 0.2) is 0 Å². The normalized spacial score (nSPS) is 17.9. The van der Waals surface area contributed by atoms with Crippen LogP contribution in [0, 0.1) is 0 Å². The van der Waals surface area contributed by atoms with E-state index >= 15 is 0 Å². The van der Waals surface area contributed by atoms with Gasteiger partial charge in [0.1, 0.15) is 6.54 Å². The van der Waals surface area contributed by atoms with Crippen LogP contribution >= 0.6 is 11.3 Å². The second-order valence-electron chi connectivity index (χ2n) is 6.09. The van der Waals surface area contributed by atoms with Crippen LogP contribution in [0.3, 0.4) is 0 Å². The number of amides is 1. The molecule has 0 saturated carbocycles. The first-order valence-corrected chi connectivity index (χ1v) is 9.21. The highest BCUT2D eigenvalue weighted by Crippen LogP contribution is 2.26. The van der Waals surface area contributed by atoms with Crippen LogP contribution < -0.4 is 10.2 Å². The molecule has 1 saturated heterocycles. The van der Waals surface area contributed by atoms with E-state index in [9.17, 15) is 9.59 Å². The Bertz CT molecular complexity index is 766. The molecule has 1 fully saturated rings. The number of thiazole rings is 1. The number of piperazine rings is 1. The predicted molar refractivity (Wildman–Crippen MR) is 97.4 cm³/mol. The summed E-state index contributed by atoms with van der Waals surface area (Å²) in [5, 5.41) is 3.28. The highest BCUT2D eigenvalue weighted by Gasteiger charge is 2.25. The molecule has 6 heteroatoms. The van der Waals surface area contributed by atoms with Crippen molar-refractivity contribution >= 4 is 17.2 Å². The van der Waals surface area contributed by atoms with Gasteiger partial charge in [-0.15, -0.1) is 0 Å². The molecule has 1 aliphatic heterocycles. The van der Waals surface area contributed by atoms with Gasteiger partial charge in [0.05, 0.1) is 5.69 Å². The second-order valence-corrected chi connectivity index (χ2v) is 7.13. The third-order valence-electron chi connectivity index (χ3n) is 4.45. The zero-order valence-corrected chi connectivity index (χ0v) is 14.9. The number of benzene rings is 1. The Morgan fingerprint density at radius 3 is 2.75 bits per heavy atom. The molecular weight excluding hydrogens is 322 g/mol. The molecule has 0 aliphatic carbocycles. The number of carbonyl (C=O) groups is 1. The minimum atomic E-state index is -0.0539. The number of hydrogen-bond acceptors (Lipinski definition) is 4. The van der Waals surface area contributed by atoms with Gasteiger partial charge in [-0.2, -0.15) is 0 Å². The van der Waals surface area contributed by atoms with Crippen LogP contribution in [0.4, 0.5) is 0 Å². The lowest BCUT2D eigenvalue weighted by Gasteiger charge is -2.34. The van der Waals surface area contributed by atoms with Gasteiger partial charge in [0, 0.05) is 30.6 Å².